The Kier molecular flexibility index (Phi) is 7.02. The van der Waals surface area contributed by atoms with Gasteiger partial charge in [0.15, 0.2) is 17.2 Å². The van der Waals surface area contributed by atoms with Crippen LogP contribution in [0.3, 0.4) is 0 Å². The number of benzene rings is 1. The van der Waals surface area contributed by atoms with E-state index in [0.29, 0.717) is 11.6 Å². The molecule has 1 atom stereocenters. The van der Waals surface area contributed by atoms with Crippen molar-refractivity contribution in [1.29, 1.82) is 0 Å². The highest BCUT2D eigenvalue weighted by atomic mass is 16.5. The molecule has 0 radical (unpaired) electrons. The summed E-state index contributed by atoms with van der Waals surface area (Å²) in [6.45, 7) is 1.24. The Bertz CT molecular complexity index is 716. The van der Waals surface area contributed by atoms with Crippen LogP contribution in [0.2, 0.25) is 0 Å². The van der Waals surface area contributed by atoms with E-state index in [1.807, 2.05) is 23.1 Å². The molecule has 1 aliphatic heterocycles. The van der Waals surface area contributed by atoms with Crippen molar-refractivity contribution in [2.24, 2.45) is 5.92 Å². The number of likely N-dealkylation sites (tertiary alicyclic amines) is 1. The van der Waals surface area contributed by atoms with Crippen molar-refractivity contribution in [3.05, 3.63) is 41.8 Å². The standard InChI is InChI=1S/C17H20N2O4.CH2O2/c1-21-15-4-3-12(10-16(15)22-2)9-13-5-7-19(11-13)17(20)14-6-8-23-18-14;2-1-3/h3-4,6,8,10,13H,5,7,9,11H2,1-2H3;1H,(H,2,3). The highest BCUT2D eigenvalue weighted by Gasteiger charge is 2.28. The van der Waals surface area contributed by atoms with Crippen molar-refractivity contribution in [3.63, 3.8) is 0 Å². The first kappa shape index (κ1) is 19.3. The Morgan fingerprint density at radius 1 is 1.35 bits per heavy atom. The Hall–Kier alpha value is -3.03. The number of rotatable bonds is 5. The van der Waals surface area contributed by atoms with Crippen LogP contribution >= 0.6 is 0 Å². The van der Waals surface area contributed by atoms with Crippen LogP contribution in [0.4, 0.5) is 0 Å². The number of methoxy groups -OCH3 is 2. The fourth-order valence-electron chi connectivity index (χ4n) is 3.01. The molecule has 8 heteroatoms. The summed E-state index contributed by atoms with van der Waals surface area (Å²) in [4.78, 5) is 22.5. The summed E-state index contributed by atoms with van der Waals surface area (Å²) in [7, 11) is 3.26. The first-order valence-corrected chi connectivity index (χ1v) is 8.11. The maximum Gasteiger partial charge on any atom is 0.290 e. The van der Waals surface area contributed by atoms with Crippen LogP contribution in [0.1, 0.15) is 22.5 Å². The number of amides is 1. The van der Waals surface area contributed by atoms with Crippen LogP contribution in [0.15, 0.2) is 35.1 Å². The minimum atomic E-state index is -0.250. The van der Waals surface area contributed by atoms with Gasteiger partial charge >= 0.3 is 0 Å². The molecule has 1 aromatic heterocycles. The number of hydrogen-bond acceptors (Lipinski definition) is 6. The van der Waals surface area contributed by atoms with Gasteiger partial charge in [0, 0.05) is 19.2 Å². The molecule has 8 nitrogen and oxygen atoms in total. The number of nitrogens with zero attached hydrogens (tertiary/aromatic N) is 2. The lowest BCUT2D eigenvalue weighted by Crippen LogP contribution is -2.29. The van der Waals surface area contributed by atoms with Crippen LogP contribution in [-0.4, -0.2) is 54.9 Å². The maximum absolute atomic E-state index is 12.3. The quantitative estimate of drug-likeness (QED) is 0.813. The van der Waals surface area contributed by atoms with Crippen molar-refractivity contribution in [2.45, 2.75) is 12.8 Å². The van der Waals surface area contributed by atoms with Crippen molar-refractivity contribution >= 4 is 12.4 Å². The van der Waals surface area contributed by atoms with Gasteiger partial charge in [-0.3, -0.25) is 9.59 Å². The van der Waals surface area contributed by atoms with Gasteiger partial charge < -0.3 is 24.0 Å². The zero-order chi connectivity index (χ0) is 18.9. The van der Waals surface area contributed by atoms with E-state index in [1.54, 1.807) is 20.3 Å². The zero-order valence-electron chi connectivity index (χ0n) is 14.8. The van der Waals surface area contributed by atoms with E-state index in [4.69, 9.17) is 23.9 Å². The normalized spacial score (nSPS) is 15.8. The number of carboxylic acid groups (broad SMARTS) is 1. The van der Waals surface area contributed by atoms with Gasteiger partial charge in [-0.1, -0.05) is 11.2 Å². The van der Waals surface area contributed by atoms with Crippen molar-refractivity contribution in [1.82, 2.24) is 10.1 Å². The summed E-state index contributed by atoms with van der Waals surface area (Å²) in [5.74, 6) is 1.83. The molecule has 1 aliphatic rings. The smallest absolute Gasteiger partial charge is 0.290 e. The molecule has 1 aromatic carbocycles. The maximum atomic E-state index is 12.3. The highest BCUT2D eigenvalue weighted by Crippen LogP contribution is 2.30. The average Bonchev–Trinajstić information content (AvgIpc) is 3.34. The SMILES string of the molecule is COc1ccc(CC2CCN(C(=O)c3ccon3)C2)cc1OC.O=CO. The van der Waals surface area contributed by atoms with Crippen LogP contribution in [0, 0.1) is 5.92 Å². The molecule has 1 fully saturated rings. The van der Waals surface area contributed by atoms with E-state index in [0.717, 1.165) is 37.4 Å². The fraction of sp³-hybridized carbons (Fsp3) is 0.389. The van der Waals surface area contributed by atoms with Crippen molar-refractivity contribution < 1.29 is 28.7 Å². The molecule has 1 saturated heterocycles. The molecule has 0 bridgehead atoms. The molecule has 0 spiro atoms. The molecule has 26 heavy (non-hydrogen) atoms. The summed E-state index contributed by atoms with van der Waals surface area (Å²) < 4.78 is 15.3. The second-order valence-corrected chi connectivity index (χ2v) is 5.79. The molecule has 3 rings (SSSR count). The van der Waals surface area contributed by atoms with Gasteiger partial charge in [-0.25, -0.2) is 0 Å². The van der Waals surface area contributed by atoms with Gasteiger partial charge in [-0.15, -0.1) is 0 Å². The van der Waals surface area contributed by atoms with Crippen LogP contribution in [0.5, 0.6) is 11.5 Å². The van der Waals surface area contributed by atoms with Gasteiger partial charge in [0.2, 0.25) is 0 Å². The summed E-state index contributed by atoms with van der Waals surface area (Å²) in [5, 5.41) is 10.6. The van der Waals surface area contributed by atoms with Crippen molar-refractivity contribution in [3.8, 4) is 11.5 Å². The topological polar surface area (TPSA) is 102 Å². The van der Waals surface area contributed by atoms with Gasteiger partial charge in [0.25, 0.3) is 12.4 Å². The van der Waals surface area contributed by atoms with E-state index in [2.05, 4.69) is 5.16 Å². The molecule has 0 aliphatic carbocycles. The first-order chi connectivity index (χ1) is 12.6. The fourth-order valence-corrected chi connectivity index (χ4v) is 3.01. The number of carbonyl (C=O) groups is 2. The van der Waals surface area contributed by atoms with E-state index in [1.165, 1.54) is 11.8 Å². The van der Waals surface area contributed by atoms with Gasteiger partial charge in [0.05, 0.1) is 14.2 Å². The lowest BCUT2D eigenvalue weighted by atomic mass is 9.98. The summed E-state index contributed by atoms with van der Waals surface area (Å²) in [6, 6.07) is 7.57. The second-order valence-electron chi connectivity index (χ2n) is 5.79. The minimum Gasteiger partial charge on any atom is -0.493 e. The molecular formula is C18H22N2O6. The zero-order valence-corrected chi connectivity index (χ0v) is 14.8. The summed E-state index contributed by atoms with van der Waals surface area (Å²) in [6.07, 6.45) is 3.31. The predicted molar refractivity (Wildman–Crippen MR) is 92.5 cm³/mol. The third-order valence-electron chi connectivity index (χ3n) is 4.20. The Morgan fingerprint density at radius 3 is 2.69 bits per heavy atom. The van der Waals surface area contributed by atoms with Crippen molar-refractivity contribution in [2.75, 3.05) is 27.3 Å². The third-order valence-corrected chi connectivity index (χ3v) is 4.20. The van der Waals surface area contributed by atoms with E-state index >= 15 is 0 Å². The average molecular weight is 362 g/mol. The highest BCUT2D eigenvalue weighted by molar-refractivity contribution is 5.92. The minimum absolute atomic E-state index is 0.0615. The van der Waals surface area contributed by atoms with Gasteiger partial charge in [0.1, 0.15) is 6.26 Å². The number of aromatic nitrogens is 1. The number of carbonyl (C=O) groups excluding carboxylic acids is 1. The van der Waals surface area contributed by atoms with Gasteiger partial charge in [-0.2, -0.15) is 0 Å². The molecule has 1 unspecified atom stereocenters. The molecule has 140 valence electrons. The Balaban J connectivity index is 0.000000758. The second kappa shape index (κ2) is 9.45. The van der Waals surface area contributed by atoms with Crippen LogP contribution in [0.25, 0.3) is 0 Å². The third kappa shape index (κ3) is 4.75. The van der Waals surface area contributed by atoms with E-state index < -0.39 is 0 Å². The van der Waals surface area contributed by atoms with Gasteiger partial charge in [-0.05, 0) is 36.5 Å². The number of hydrogen-bond donors (Lipinski definition) is 1. The van der Waals surface area contributed by atoms with E-state index in [9.17, 15) is 4.79 Å². The first-order valence-electron chi connectivity index (χ1n) is 8.11. The summed E-state index contributed by atoms with van der Waals surface area (Å²) in [5.41, 5.74) is 1.56. The van der Waals surface area contributed by atoms with E-state index in [-0.39, 0.29) is 12.4 Å². The predicted octanol–water partition coefficient (Wildman–Crippen LogP) is 2.10. The molecular weight excluding hydrogens is 340 g/mol. The lowest BCUT2D eigenvalue weighted by molar-refractivity contribution is -0.122. The van der Waals surface area contributed by atoms with Crippen LogP contribution < -0.4 is 9.47 Å². The Morgan fingerprint density at radius 2 is 2.08 bits per heavy atom. The molecule has 0 saturated carbocycles. The lowest BCUT2D eigenvalue weighted by Gasteiger charge is -2.15. The number of ether oxygens (including phenoxy) is 2. The Labute approximate surface area is 151 Å². The molecule has 1 N–H and O–H groups in total. The largest absolute Gasteiger partial charge is 0.493 e. The van der Waals surface area contributed by atoms with Crippen LogP contribution in [-0.2, 0) is 11.2 Å². The summed E-state index contributed by atoms with van der Waals surface area (Å²) >= 11 is 0. The monoisotopic (exact) mass is 362 g/mol. The molecule has 2 heterocycles. The molecule has 2 aromatic rings. The molecule has 1 amide bonds.